The Morgan fingerprint density at radius 3 is 2.39 bits per heavy atom. The second kappa shape index (κ2) is 8.41. The molecule has 2 aromatic carbocycles. The first-order valence-electron chi connectivity index (χ1n) is 8.52. The molecule has 0 radical (unpaired) electrons. The lowest BCUT2D eigenvalue weighted by atomic mass is 10.2. The summed E-state index contributed by atoms with van der Waals surface area (Å²) in [4.78, 5) is 29.5. The highest BCUT2D eigenvalue weighted by Gasteiger charge is 2.18. The second-order valence-corrected chi connectivity index (χ2v) is 7.65. The maximum absolute atomic E-state index is 12.6. The lowest BCUT2D eigenvalue weighted by Gasteiger charge is -2.08. The summed E-state index contributed by atoms with van der Waals surface area (Å²) in [6, 6.07) is 12.3. The van der Waals surface area contributed by atoms with E-state index in [0.717, 1.165) is 22.5 Å². The van der Waals surface area contributed by atoms with Crippen molar-refractivity contribution in [3.05, 3.63) is 69.2 Å². The number of anilines is 3. The molecule has 1 aromatic heterocycles. The number of thiazole rings is 1. The highest BCUT2D eigenvalue weighted by molar-refractivity contribution is 7.17. The minimum absolute atomic E-state index is 0.299. The lowest BCUT2D eigenvalue weighted by Crippen LogP contribution is -2.19. The number of carbonyl (C=O) groups is 2. The van der Waals surface area contributed by atoms with E-state index in [-0.39, 0.29) is 5.91 Å². The molecule has 3 N–H and O–H groups in total. The predicted molar refractivity (Wildman–Crippen MR) is 115 cm³/mol. The zero-order valence-electron chi connectivity index (χ0n) is 15.6. The average Bonchev–Trinajstić information content (AvgIpc) is 3.01. The van der Waals surface area contributed by atoms with Crippen molar-refractivity contribution in [3.63, 3.8) is 0 Å². The Bertz CT molecular complexity index is 1030. The molecule has 3 rings (SSSR count). The van der Waals surface area contributed by atoms with Crippen LogP contribution in [0.15, 0.2) is 42.5 Å². The third-order valence-corrected chi connectivity index (χ3v) is 5.53. The zero-order chi connectivity index (χ0) is 20.3. The van der Waals surface area contributed by atoms with Crippen molar-refractivity contribution in [2.24, 2.45) is 0 Å². The van der Waals surface area contributed by atoms with Gasteiger partial charge in [-0.25, -0.2) is 9.78 Å². The van der Waals surface area contributed by atoms with Crippen molar-refractivity contribution in [1.82, 2.24) is 4.98 Å². The van der Waals surface area contributed by atoms with Gasteiger partial charge in [0.25, 0.3) is 5.91 Å². The number of nitrogens with one attached hydrogen (secondary N) is 3. The van der Waals surface area contributed by atoms with E-state index in [9.17, 15) is 9.59 Å². The molecule has 0 aliphatic rings. The molecule has 0 aliphatic heterocycles. The van der Waals surface area contributed by atoms with Crippen LogP contribution < -0.4 is 16.0 Å². The SMILES string of the molecule is Cc1ccc(NC(=O)Nc2nc(C)c(C(=O)Nc3cccc(Cl)c3C)s2)cc1. The van der Waals surface area contributed by atoms with Gasteiger partial charge < -0.3 is 10.6 Å². The Labute approximate surface area is 172 Å². The summed E-state index contributed by atoms with van der Waals surface area (Å²) in [5.74, 6) is -0.299. The summed E-state index contributed by atoms with van der Waals surface area (Å²) in [5, 5.41) is 9.15. The number of halogens is 1. The maximum atomic E-state index is 12.6. The molecule has 3 aromatic rings. The van der Waals surface area contributed by atoms with Gasteiger partial charge >= 0.3 is 6.03 Å². The monoisotopic (exact) mass is 414 g/mol. The van der Waals surface area contributed by atoms with E-state index in [1.54, 1.807) is 25.1 Å². The molecule has 0 fully saturated rings. The highest BCUT2D eigenvalue weighted by atomic mass is 35.5. The molecule has 0 aliphatic carbocycles. The first-order valence-corrected chi connectivity index (χ1v) is 9.71. The van der Waals surface area contributed by atoms with Crippen molar-refractivity contribution < 1.29 is 9.59 Å². The number of urea groups is 1. The number of aryl methyl sites for hydroxylation is 2. The molecule has 0 spiro atoms. The molecule has 0 saturated heterocycles. The maximum Gasteiger partial charge on any atom is 0.325 e. The Hall–Kier alpha value is -2.90. The standard InChI is InChI=1S/C20H19ClN4O2S/c1-11-7-9-14(10-8-11)23-19(27)25-20-22-13(3)17(28-20)18(26)24-16-6-4-5-15(21)12(16)2/h4-10H,1-3H3,(H,24,26)(H2,22,23,25,27). The predicted octanol–water partition coefficient (Wildman–Crippen LogP) is 5.62. The number of aromatic nitrogens is 1. The summed E-state index contributed by atoms with van der Waals surface area (Å²) in [5.41, 5.74) is 3.73. The Morgan fingerprint density at radius 2 is 1.68 bits per heavy atom. The van der Waals surface area contributed by atoms with E-state index < -0.39 is 6.03 Å². The minimum Gasteiger partial charge on any atom is -0.321 e. The van der Waals surface area contributed by atoms with Crippen molar-refractivity contribution in [2.75, 3.05) is 16.0 Å². The van der Waals surface area contributed by atoms with Crippen molar-refractivity contribution in [3.8, 4) is 0 Å². The Kier molecular flexibility index (Phi) is 5.96. The van der Waals surface area contributed by atoms with E-state index in [1.807, 2.05) is 38.1 Å². The van der Waals surface area contributed by atoms with Gasteiger partial charge in [-0.15, -0.1) is 0 Å². The van der Waals surface area contributed by atoms with Gasteiger partial charge in [-0.1, -0.05) is 46.7 Å². The topological polar surface area (TPSA) is 83.1 Å². The van der Waals surface area contributed by atoms with Crippen LogP contribution >= 0.6 is 22.9 Å². The highest BCUT2D eigenvalue weighted by Crippen LogP contribution is 2.27. The van der Waals surface area contributed by atoms with Crippen molar-refractivity contribution >= 4 is 51.4 Å². The normalized spacial score (nSPS) is 10.4. The molecule has 0 unspecified atom stereocenters. The van der Waals surface area contributed by atoms with Gasteiger partial charge in [0.2, 0.25) is 0 Å². The van der Waals surface area contributed by atoms with Crippen LogP contribution in [-0.2, 0) is 0 Å². The lowest BCUT2D eigenvalue weighted by molar-refractivity contribution is 0.102. The number of rotatable bonds is 4. The Balaban J connectivity index is 1.68. The molecule has 1 heterocycles. The fourth-order valence-corrected chi connectivity index (χ4v) is 3.51. The molecule has 0 saturated carbocycles. The largest absolute Gasteiger partial charge is 0.325 e. The van der Waals surface area contributed by atoms with Gasteiger partial charge in [0, 0.05) is 16.4 Å². The smallest absolute Gasteiger partial charge is 0.321 e. The van der Waals surface area contributed by atoms with E-state index in [0.29, 0.717) is 32.1 Å². The molecule has 144 valence electrons. The fraction of sp³-hybridized carbons (Fsp3) is 0.150. The molecular weight excluding hydrogens is 396 g/mol. The Morgan fingerprint density at radius 1 is 0.964 bits per heavy atom. The van der Waals surface area contributed by atoms with E-state index >= 15 is 0 Å². The first kappa shape index (κ1) is 19.9. The van der Waals surface area contributed by atoms with Gasteiger partial charge in [0.1, 0.15) is 4.88 Å². The van der Waals surface area contributed by atoms with Crippen LogP contribution in [0.25, 0.3) is 0 Å². The zero-order valence-corrected chi connectivity index (χ0v) is 17.2. The number of benzene rings is 2. The molecular formula is C20H19ClN4O2S. The van der Waals surface area contributed by atoms with Crippen molar-refractivity contribution in [2.45, 2.75) is 20.8 Å². The second-order valence-electron chi connectivity index (χ2n) is 6.25. The van der Waals surface area contributed by atoms with Crippen LogP contribution in [0.2, 0.25) is 5.02 Å². The van der Waals surface area contributed by atoms with Crippen LogP contribution in [-0.4, -0.2) is 16.9 Å². The fourth-order valence-electron chi connectivity index (χ4n) is 2.48. The van der Waals surface area contributed by atoms with Crippen LogP contribution in [0.1, 0.15) is 26.5 Å². The summed E-state index contributed by atoms with van der Waals surface area (Å²) >= 11 is 7.21. The van der Waals surface area contributed by atoms with Gasteiger partial charge in [-0.2, -0.15) is 0 Å². The number of carbonyl (C=O) groups excluding carboxylic acids is 2. The van der Waals surface area contributed by atoms with Gasteiger partial charge in [0.15, 0.2) is 5.13 Å². The van der Waals surface area contributed by atoms with Crippen LogP contribution in [0, 0.1) is 20.8 Å². The first-order chi connectivity index (χ1) is 13.3. The minimum atomic E-state index is -0.421. The van der Waals surface area contributed by atoms with Crippen LogP contribution in [0.3, 0.4) is 0 Å². The number of nitrogens with zero attached hydrogens (tertiary/aromatic N) is 1. The van der Waals surface area contributed by atoms with E-state index in [2.05, 4.69) is 20.9 Å². The van der Waals surface area contributed by atoms with Gasteiger partial charge in [-0.05, 0) is 50.6 Å². The van der Waals surface area contributed by atoms with Crippen molar-refractivity contribution in [1.29, 1.82) is 0 Å². The third kappa shape index (κ3) is 4.68. The van der Waals surface area contributed by atoms with Crippen LogP contribution in [0.5, 0.6) is 0 Å². The molecule has 0 atom stereocenters. The summed E-state index contributed by atoms with van der Waals surface area (Å²) in [7, 11) is 0. The average molecular weight is 415 g/mol. The van der Waals surface area contributed by atoms with Crippen LogP contribution in [0.4, 0.5) is 21.3 Å². The molecule has 3 amide bonds. The molecule has 6 nitrogen and oxygen atoms in total. The molecule has 0 bridgehead atoms. The number of hydrogen-bond donors (Lipinski definition) is 3. The number of hydrogen-bond acceptors (Lipinski definition) is 4. The molecule has 28 heavy (non-hydrogen) atoms. The van der Waals surface area contributed by atoms with Gasteiger partial charge in [0.05, 0.1) is 5.69 Å². The summed E-state index contributed by atoms with van der Waals surface area (Å²) in [6.45, 7) is 5.53. The summed E-state index contributed by atoms with van der Waals surface area (Å²) < 4.78 is 0. The van der Waals surface area contributed by atoms with Gasteiger partial charge in [-0.3, -0.25) is 10.1 Å². The summed E-state index contributed by atoms with van der Waals surface area (Å²) in [6.07, 6.45) is 0. The number of amides is 3. The van der Waals surface area contributed by atoms with E-state index in [4.69, 9.17) is 11.6 Å². The molecule has 8 heteroatoms. The van der Waals surface area contributed by atoms with E-state index in [1.165, 1.54) is 0 Å². The quantitative estimate of drug-likeness (QED) is 0.518. The third-order valence-electron chi connectivity index (χ3n) is 4.05.